The molecule has 0 aromatic heterocycles. The third-order valence-electron chi connectivity index (χ3n) is 2.08. The van der Waals surface area contributed by atoms with Gasteiger partial charge < -0.3 is 20.1 Å². The number of ether oxygens (including phenoxy) is 1. The maximum atomic E-state index is 11.3. The maximum absolute atomic E-state index is 11.3. The summed E-state index contributed by atoms with van der Waals surface area (Å²) in [4.78, 5) is 13.3. The van der Waals surface area contributed by atoms with Crippen LogP contribution in [0.5, 0.6) is 0 Å². The molecule has 0 aliphatic rings. The van der Waals surface area contributed by atoms with E-state index in [2.05, 4.69) is 5.32 Å². The zero-order chi connectivity index (χ0) is 14.2. The predicted molar refractivity (Wildman–Crippen MR) is 73.1 cm³/mol. The maximum Gasteiger partial charge on any atom is 0.407 e. The first-order chi connectivity index (χ1) is 8.24. The number of amides is 1. The van der Waals surface area contributed by atoms with Crippen LogP contribution in [0.3, 0.4) is 0 Å². The summed E-state index contributed by atoms with van der Waals surface area (Å²) in [6.07, 6.45) is -0.322. The van der Waals surface area contributed by atoms with Crippen molar-refractivity contribution in [3.63, 3.8) is 0 Å². The molecule has 0 saturated carbocycles. The molecule has 0 radical (unpaired) electrons. The van der Waals surface area contributed by atoms with Crippen LogP contribution in [0.25, 0.3) is 0 Å². The highest BCUT2D eigenvalue weighted by molar-refractivity contribution is 6.17. The lowest BCUT2D eigenvalue weighted by Crippen LogP contribution is -2.42. The van der Waals surface area contributed by atoms with Gasteiger partial charge in [0, 0.05) is 18.0 Å². The smallest absolute Gasteiger partial charge is 0.407 e. The first kappa shape index (κ1) is 17.5. The molecule has 18 heavy (non-hydrogen) atoms. The number of hydrogen-bond donors (Lipinski definition) is 2. The Bertz CT molecular complexity index is 244. The summed E-state index contributed by atoms with van der Waals surface area (Å²) in [7, 11) is 1.89. The second-order valence-electron chi connectivity index (χ2n) is 5.43. The quantitative estimate of drug-likeness (QED) is 0.693. The van der Waals surface area contributed by atoms with Crippen molar-refractivity contribution in [3.8, 4) is 0 Å². The molecule has 2 N–H and O–H groups in total. The number of carbonyl (C=O) groups is 1. The fourth-order valence-electron chi connectivity index (χ4n) is 1.35. The summed E-state index contributed by atoms with van der Waals surface area (Å²) in [6, 6.07) is 0. The van der Waals surface area contributed by atoms with E-state index in [4.69, 9.17) is 16.3 Å². The van der Waals surface area contributed by atoms with Gasteiger partial charge in [0.05, 0.1) is 0 Å². The summed E-state index contributed by atoms with van der Waals surface area (Å²) in [5.41, 5.74) is -0.334. The monoisotopic (exact) mass is 280 g/mol. The van der Waals surface area contributed by atoms with E-state index in [1.165, 1.54) is 0 Å². The van der Waals surface area contributed by atoms with E-state index in [9.17, 15) is 9.90 Å². The van der Waals surface area contributed by atoms with Gasteiger partial charge in [-0.05, 0) is 40.8 Å². The molecular formula is C12H25ClN2O3. The van der Waals surface area contributed by atoms with Gasteiger partial charge in [-0.3, -0.25) is 0 Å². The van der Waals surface area contributed by atoms with Crippen LogP contribution in [0.4, 0.5) is 4.79 Å². The molecule has 0 rings (SSSR count). The Hall–Kier alpha value is -0.520. The Morgan fingerprint density at radius 1 is 1.50 bits per heavy atom. The van der Waals surface area contributed by atoms with Crippen molar-refractivity contribution in [3.05, 3.63) is 0 Å². The standard InChI is InChI=1S/C12H25ClN2O3/c1-12(2,3)14-11(17)18-9-10(16)8-15(4)7-5-6-13/h10,16H,5-9H2,1-4H3,(H,14,17)/t10-/m0/s1. The molecule has 0 spiro atoms. The molecule has 0 fully saturated rings. The topological polar surface area (TPSA) is 61.8 Å². The number of nitrogens with one attached hydrogen (secondary N) is 1. The molecule has 0 bridgehead atoms. The number of nitrogens with zero attached hydrogens (tertiary/aromatic N) is 1. The van der Waals surface area contributed by atoms with Gasteiger partial charge in [0.1, 0.15) is 12.7 Å². The summed E-state index contributed by atoms with van der Waals surface area (Å²) >= 11 is 5.58. The van der Waals surface area contributed by atoms with E-state index in [0.717, 1.165) is 13.0 Å². The molecule has 108 valence electrons. The van der Waals surface area contributed by atoms with Gasteiger partial charge in [-0.15, -0.1) is 11.6 Å². The second kappa shape index (κ2) is 8.56. The number of alkyl halides is 1. The van der Waals surface area contributed by atoms with Crippen LogP contribution in [0, 0.1) is 0 Å². The molecule has 0 heterocycles. The van der Waals surface area contributed by atoms with Crippen LogP contribution in [0.2, 0.25) is 0 Å². The van der Waals surface area contributed by atoms with Crippen LogP contribution in [-0.4, -0.2) is 60.4 Å². The first-order valence-corrected chi connectivity index (χ1v) is 6.65. The SMILES string of the molecule is CN(CCCCl)C[C@H](O)COC(=O)NC(C)(C)C. The lowest BCUT2D eigenvalue weighted by molar-refractivity contribution is 0.0466. The lowest BCUT2D eigenvalue weighted by atomic mass is 10.1. The van der Waals surface area contributed by atoms with Crippen molar-refractivity contribution in [2.75, 3.05) is 32.6 Å². The van der Waals surface area contributed by atoms with Crippen LogP contribution in [0.15, 0.2) is 0 Å². The minimum absolute atomic E-state index is 0.00682. The normalized spacial score (nSPS) is 13.5. The number of carbonyl (C=O) groups excluding carboxylic acids is 1. The molecule has 1 atom stereocenters. The van der Waals surface area contributed by atoms with Crippen LogP contribution < -0.4 is 5.32 Å². The Balaban J connectivity index is 3.76. The number of aliphatic hydroxyl groups excluding tert-OH is 1. The Kier molecular flexibility index (Phi) is 8.31. The molecule has 0 aromatic rings. The lowest BCUT2D eigenvalue weighted by Gasteiger charge is -2.22. The van der Waals surface area contributed by atoms with Gasteiger partial charge in [0.25, 0.3) is 0 Å². The third-order valence-corrected chi connectivity index (χ3v) is 2.35. The highest BCUT2D eigenvalue weighted by Crippen LogP contribution is 2.00. The van der Waals surface area contributed by atoms with Gasteiger partial charge in [-0.1, -0.05) is 0 Å². The number of hydrogen-bond acceptors (Lipinski definition) is 4. The number of likely N-dealkylation sites (N-methyl/N-ethyl adjacent to an activating group) is 1. The third kappa shape index (κ3) is 10.6. The van der Waals surface area contributed by atoms with Crippen LogP contribution in [0.1, 0.15) is 27.2 Å². The van der Waals surface area contributed by atoms with E-state index in [1.807, 2.05) is 32.7 Å². The Morgan fingerprint density at radius 3 is 2.61 bits per heavy atom. The number of aliphatic hydroxyl groups is 1. The fourth-order valence-corrected chi connectivity index (χ4v) is 1.47. The van der Waals surface area contributed by atoms with E-state index >= 15 is 0 Å². The number of halogens is 1. The highest BCUT2D eigenvalue weighted by atomic mass is 35.5. The summed E-state index contributed by atoms with van der Waals surface area (Å²) in [5, 5.41) is 12.3. The van der Waals surface area contributed by atoms with E-state index in [1.54, 1.807) is 0 Å². The Morgan fingerprint density at radius 2 is 2.11 bits per heavy atom. The number of alkyl carbamates (subject to hydrolysis) is 1. The molecule has 1 amide bonds. The molecular weight excluding hydrogens is 256 g/mol. The van der Waals surface area contributed by atoms with Crippen molar-refractivity contribution in [2.24, 2.45) is 0 Å². The van der Waals surface area contributed by atoms with Crippen LogP contribution >= 0.6 is 11.6 Å². The zero-order valence-corrected chi connectivity index (χ0v) is 12.5. The predicted octanol–water partition coefficient (Wildman–Crippen LogP) is 1.43. The van der Waals surface area contributed by atoms with Crippen LogP contribution in [-0.2, 0) is 4.74 Å². The van der Waals surface area contributed by atoms with Gasteiger partial charge in [0.15, 0.2) is 0 Å². The van der Waals surface area contributed by atoms with Crippen molar-refractivity contribution >= 4 is 17.7 Å². The molecule has 0 aliphatic heterocycles. The van der Waals surface area contributed by atoms with Gasteiger partial charge in [0.2, 0.25) is 0 Å². The largest absolute Gasteiger partial charge is 0.447 e. The summed E-state index contributed by atoms with van der Waals surface area (Å²) in [5.74, 6) is 0.602. The zero-order valence-electron chi connectivity index (χ0n) is 11.7. The second-order valence-corrected chi connectivity index (χ2v) is 5.81. The van der Waals surface area contributed by atoms with E-state index in [0.29, 0.717) is 12.4 Å². The molecule has 5 nitrogen and oxygen atoms in total. The molecule has 0 aromatic carbocycles. The highest BCUT2D eigenvalue weighted by Gasteiger charge is 2.16. The van der Waals surface area contributed by atoms with E-state index < -0.39 is 12.2 Å². The molecule has 0 aliphatic carbocycles. The minimum atomic E-state index is -0.684. The minimum Gasteiger partial charge on any atom is -0.447 e. The average Bonchev–Trinajstić information content (AvgIpc) is 2.21. The fraction of sp³-hybridized carbons (Fsp3) is 0.917. The first-order valence-electron chi connectivity index (χ1n) is 6.12. The molecule has 6 heteroatoms. The summed E-state index contributed by atoms with van der Waals surface area (Å²) < 4.78 is 4.93. The van der Waals surface area contributed by atoms with Crippen molar-refractivity contribution in [2.45, 2.75) is 38.8 Å². The number of rotatable bonds is 7. The van der Waals surface area contributed by atoms with Gasteiger partial charge in [-0.25, -0.2) is 4.79 Å². The molecule has 0 saturated heterocycles. The average molecular weight is 281 g/mol. The molecule has 0 unspecified atom stereocenters. The summed E-state index contributed by atoms with van der Waals surface area (Å²) in [6.45, 7) is 6.86. The Labute approximate surface area is 114 Å². The van der Waals surface area contributed by atoms with Crippen molar-refractivity contribution < 1.29 is 14.6 Å². The van der Waals surface area contributed by atoms with Crippen molar-refractivity contribution in [1.82, 2.24) is 10.2 Å². The van der Waals surface area contributed by atoms with Crippen molar-refractivity contribution in [1.29, 1.82) is 0 Å². The van der Waals surface area contributed by atoms with Gasteiger partial charge in [-0.2, -0.15) is 0 Å². The van der Waals surface area contributed by atoms with E-state index in [-0.39, 0.29) is 12.1 Å². The van der Waals surface area contributed by atoms with Gasteiger partial charge >= 0.3 is 6.09 Å².